The van der Waals surface area contributed by atoms with Crippen molar-refractivity contribution >= 4 is 0 Å². The smallest absolute Gasteiger partial charge is 0.212 e. The van der Waals surface area contributed by atoms with E-state index in [-0.39, 0.29) is 5.82 Å². The summed E-state index contributed by atoms with van der Waals surface area (Å²) < 4.78 is 17.9. The Kier molecular flexibility index (Phi) is 4.20. The Morgan fingerprint density at radius 1 is 1.17 bits per heavy atom. The molecule has 0 amide bonds. The maximum atomic E-state index is 12.9. The summed E-state index contributed by atoms with van der Waals surface area (Å²) in [5, 5.41) is 3.20. The van der Waals surface area contributed by atoms with Crippen LogP contribution < -0.4 is 10.1 Å². The van der Waals surface area contributed by atoms with Crippen LogP contribution in [-0.2, 0) is 13.1 Å². The van der Waals surface area contributed by atoms with Crippen molar-refractivity contribution in [1.29, 1.82) is 0 Å². The Morgan fingerprint density at radius 3 is 2.67 bits per heavy atom. The second-order valence-corrected chi connectivity index (χ2v) is 3.82. The maximum Gasteiger partial charge on any atom is 0.212 e. The molecule has 0 saturated carbocycles. The van der Waals surface area contributed by atoms with Crippen molar-refractivity contribution in [2.75, 3.05) is 7.11 Å². The van der Waals surface area contributed by atoms with Crippen LogP contribution in [0.2, 0.25) is 0 Å². The molecule has 0 aliphatic rings. The van der Waals surface area contributed by atoms with Gasteiger partial charge in [-0.25, -0.2) is 9.37 Å². The maximum absolute atomic E-state index is 12.9. The van der Waals surface area contributed by atoms with Crippen LogP contribution in [0.1, 0.15) is 11.1 Å². The molecule has 0 saturated heterocycles. The van der Waals surface area contributed by atoms with E-state index in [9.17, 15) is 4.39 Å². The molecule has 5 heteroatoms. The van der Waals surface area contributed by atoms with Gasteiger partial charge in [0.1, 0.15) is 5.82 Å². The molecule has 1 N–H and O–H groups in total. The number of nitrogens with zero attached hydrogens (tertiary/aromatic N) is 2. The zero-order chi connectivity index (χ0) is 12.8. The highest BCUT2D eigenvalue weighted by Gasteiger charge is 1.98. The van der Waals surface area contributed by atoms with Crippen LogP contribution in [0, 0.1) is 5.82 Å². The Bertz CT molecular complexity index is 502. The van der Waals surface area contributed by atoms with E-state index in [1.807, 2.05) is 6.07 Å². The average molecular weight is 247 g/mol. The van der Waals surface area contributed by atoms with Gasteiger partial charge in [0, 0.05) is 31.5 Å². The van der Waals surface area contributed by atoms with Gasteiger partial charge in [-0.3, -0.25) is 4.98 Å². The van der Waals surface area contributed by atoms with Gasteiger partial charge >= 0.3 is 0 Å². The Labute approximate surface area is 105 Å². The number of halogens is 1. The quantitative estimate of drug-likeness (QED) is 0.876. The minimum atomic E-state index is -0.319. The Hall–Kier alpha value is -2.01. The zero-order valence-corrected chi connectivity index (χ0v) is 10.1. The van der Waals surface area contributed by atoms with E-state index in [2.05, 4.69) is 15.3 Å². The van der Waals surface area contributed by atoms with Gasteiger partial charge in [-0.15, -0.1) is 0 Å². The molecule has 0 aromatic carbocycles. The summed E-state index contributed by atoms with van der Waals surface area (Å²) in [5.74, 6) is 0.272. The lowest BCUT2D eigenvalue weighted by atomic mass is 10.2. The molecule has 94 valence electrons. The van der Waals surface area contributed by atoms with Crippen molar-refractivity contribution in [3.63, 3.8) is 0 Å². The first-order valence-electron chi connectivity index (χ1n) is 5.57. The highest BCUT2D eigenvalue weighted by Crippen LogP contribution is 2.06. The van der Waals surface area contributed by atoms with Crippen LogP contribution >= 0.6 is 0 Å². The van der Waals surface area contributed by atoms with Crippen molar-refractivity contribution in [1.82, 2.24) is 15.3 Å². The number of pyridine rings is 2. The number of methoxy groups -OCH3 is 1. The third-order valence-electron chi connectivity index (χ3n) is 2.43. The monoisotopic (exact) mass is 247 g/mol. The van der Waals surface area contributed by atoms with Crippen LogP contribution in [0.4, 0.5) is 4.39 Å². The molecule has 0 radical (unpaired) electrons. The van der Waals surface area contributed by atoms with Gasteiger partial charge in [0.05, 0.1) is 13.3 Å². The first-order valence-corrected chi connectivity index (χ1v) is 5.57. The Balaban J connectivity index is 1.84. The predicted octanol–water partition coefficient (Wildman–Crippen LogP) is 1.91. The fraction of sp³-hybridized carbons (Fsp3) is 0.231. The van der Waals surface area contributed by atoms with Gasteiger partial charge in [0.15, 0.2) is 0 Å². The fourth-order valence-corrected chi connectivity index (χ4v) is 1.54. The van der Waals surface area contributed by atoms with Gasteiger partial charge in [0.2, 0.25) is 5.88 Å². The van der Waals surface area contributed by atoms with E-state index in [1.54, 1.807) is 25.6 Å². The fourth-order valence-electron chi connectivity index (χ4n) is 1.54. The first-order chi connectivity index (χ1) is 8.78. The number of rotatable bonds is 5. The third-order valence-corrected chi connectivity index (χ3v) is 2.43. The van der Waals surface area contributed by atoms with Crippen molar-refractivity contribution in [3.8, 4) is 5.88 Å². The van der Waals surface area contributed by atoms with Gasteiger partial charge < -0.3 is 10.1 Å². The summed E-state index contributed by atoms with van der Waals surface area (Å²) in [7, 11) is 1.58. The molecule has 2 heterocycles. The van der Waals surface area contributed by atoms with Crippen LogP contribution in [0.3, 0.4) is 0 Å². The lowest BCUT2D eigenvalue weighted by molar-refractivity contribution is 0.397. The average Bonchev–Trinajstić information content (AvgIpc) is 2.40. The van der Waals surface area contributed by atoms with Crippen molar-refractivity contribution in [3.05, 3.63) is 53.7 Å². The Morgan fingerprint density at radius 2 is 2.00 bits per heavy atom. The highest BCUT2D eigenvalue weighted by molar-refractivity contribution is 5.17. The summed E-state index contributed by atoms with van der Waals surface area (Å²) >= 11 is 0. The minimum Gasteiger partial charge on any atom is -0.481 e. The van der Waals surface area contributed by atoms with Gasteiger partial charge in [0.25, 0.3) is 0 Å². The van der Waals surface area contributed by atoms with E-state index in [1.165, 1.54) is 12.3 Å². The third kappa shape index (κ3) is 3.49. The second-order valence-electron chi connectivity index (χ2n) is 3.82. The van der Waals surface area contributed by atoms with E-state index < -0.39 is 0 Å². The number of hydrogen-bond acceptors (Lipinski definition) is 4. The number of nitrogens with one attached hydrogen (secondary N) is 1. The van der Waals surface area contributed by atoms with Gasteiger partial charge in [-0.1, -0.05) is 6.07 Å². The molecular weight excluding hydrogens is 233 g/mol. The number of ether oxygens (including phenoxy) is 1. The standard InChI is InChI=1S/C13H14FN3O/c1-18-13-3-2-10(8-17-13)5-15-6-11-4-12(14)9-16-7-11/h2-4,7-9,15H,5-6H2,1H3. The van der Waals surface area contributed by atoms with Crippen molar-refractivity contribution < 1.29 is 9.13 Å². The first kappa shape index (κ1) is 12.4. The number of hydrogen-bond donors (Lipinski definition) is 1. The summed E-state index contributed by atoms with van der Waals surface area (Å²) in [6.07, 6.45) is 4.58. The molecule has 0 atom stereocenters. The SMILES string of the molecule is COc1ccc(CNCc2cncc(F)c2)cn1. The minimum absolute atomic E-state index is 0.319. The molecule has 2 rings (SSSR count). The van der Waals surface area contributed by atoms with Crippen molar-refractivity contribution in [2.24, 2.45) is 0 Å². The molecule has 0 fully saturated rings. The zero-order valence-electron chi connectivity index (χ0n) is 10.1. The van der Waals surface area contributed by atoms with Crippen LogP contribution in [0.5, 0.6) is 5.88 Å². The van der Waals surface area contributed by atoms with Crippen molar-refractivity contribution in [2.45, 2.75) is 13.1 Å². The molecule has 0 spiro atoms. The van der Waals surface area contributed by atoms with E-state index in [4.69, 9.17) is 4.74 Å². The molecule has 0 aliphatic heterocycles. The molecule has 2 aromatic heterocycles. The molecule has 0 unspecified atom stereocenters. The van der Waals surface area contributed by atoms with Crippen LogP contribution in [0.25, 0.3) is 0 Å². The largest absolute Gasteiger partial charge is 0.481 e. The van der Waals surface area contributed by atoms with Crippen LogP contribution in [0.15, 0.2) is 36.8 Å². The highest BCUT2D eigenvalue weighted by atomic mass is 19.1. The lowest BCUT2D eigenvalue weighted by Gasteiger charge is -2.05. The van der Waals surface area contributed by atoms with Crippen LogP contribution in [-0.4, -0.2) is 17.1 Å². The molecule has 0 aliphatic carbocycles. The molecular formula is C13H14FN3O. The van der Waals surface area contributed by atoms with E-state index in [0.29, 0.717) is 19.0 Å². The summed E-state index contributed by atoms with van der Waals surface area (Å²) in [5.41, 5.74) is 1.86. The molecule has 2 aromatic rings. The topological polar surface area (TPSA) is 47.0 Å². The van der Waals surface area contributed by atoms with Gasteiger partial charge in [-0.2, -0.15) is 0 Å². The van der Waals surface area contributed by atoms with E-state index in [0.717, 1.165) is 11.1 Å². The molecule has 18 heavy (non-hydrogen) atoms. The second kappa shape index (κ2) is 6.07. The molecule has 4 nitrogen and oxygen atoms in total. The lowest BCUT2D eigenvalue weighted by Crippen LogP contribution is -2.13. The summed E-state index contributed by atoms with van der Waals surface area (Å²) in [6.45, 7) is 1.23. The molecule has 0 bridgehead atoms. The summed E-state index contributed by atoms with van der Waals surface area (Å²) in [4.78, 5) is 7.89. The predicted molar refractivity (Wildman–Crippen MR) is 65.5 cm³/mol. The normalized spacial score (nSPS) is 10.3. The number of aromatic nitrogens is 2. The van der Waals surface area contributed by atoms with E-state index >= 15 is 0 Å². The summed E-state index contributed by atoms with van der Waals surface area (Å²) in [6, 6.07) is 5.20. The van der Waals surface area contributed by atoms with Gasteiger partial charge in [-0.05, 0) is 17.2 Å².